The van der Waals surface area contributed by atoms with Crippen LogP contribution in [0.2, 0.25) is 0 Å². The maximum atomic E-state index is 12.1. The maximum Gasteiger partial charge on any atom is 0.242 e. The Balaban J connectivity index is 2.75. The first kappa shape index (κ1) is 15.5. The third kappa shape index (κ3) is 3.96. The molecular formula is C15H25N3O. The number of likely N-dealkylation sites (N-methyl/N-ethyl adjacent to an activating group) is 2. The summed E-state index contributed by atoms with van der Waals surface area (Å²) in [5.74, 6) is 0.160. The molecule has 0 aliphatic carbocycles. The van der Waals surface area contributed by atoms with E-state index < -0.39 is 0 Å². The highest BCUT2D eigenvalue weighted by Gasteiger charge is 2.13. The van der Waals surface area contributed by atoms with Gasteiger partial charge < -0.3 is 15.5 Å². The summed E-state index contributed by atoms with van der Waals surface area (Å²) in [6, 6.07) is 6.13. The summed E-state index contributed by atoms with van der Waals surface area (Å²) in [4.78, 5) is 15.9. The van der Waals surface area contributed by atoms with Crippen molar-refractivity contribution in [2.75, 3.05) is 31.6 Å². The van der Waals surface area contributed by atoms with Gasteiger partial charge in [0, 0.05) is 32.4 Å². The van der Waals surface area contributed by atoms with Crippen LogP contribution in [0.5, 0.6) is 0 Å². The van der Waals surface area contributed by atoms with Gasteiger partial charge >= 0.3 is 0 Å². The van der Waals surface area contributed by atoms with Gasteiger partial charge in [0.1, 0.15) is 0 Å². The van der Waals surface area contributed by atoms with E-state index in [1.54, 1.807) is 0 Å². The van der Waals surface area contributed by atoms with Crippen LogP contribution in [0.1, 0.15) is 25.0 Å². The van der Waals surface area contributed by atoms with E-state index in [1.165, 1.54) is 5.56 Å². The number of amides is 1. The van der Waals surface area contributed by atoms with Gasteiger partial charge in [0.25, 0.3) is 0 Å². The first-order chi connectivity index (χ1) is 9.03. The molecule has 0 unspecified atom stereocenters. The number of rotatable bonds is 6. The van der Waals surface area contributed by atoms with Crippen molar-refractivity contribution >= 4 is 11.6 Å². The molecule has 0 saturated heterocycles. The Morgan fingerprint density at radius 3 is 2.37 bits per heavy atom. The lowest BCUT2D eigenvalue weighted by Gasteiger charge is -2.25. The molecule has 2 N–H and O–H groups in total. The second-order valence-electron chi connectivity index (χ2n) is 4.74. The SMILES string of the molecule is CCN(CC)C(=O)CN(C)c1ccc(CN)c(C)c1. The number of nitrogens with zero attached hydrogens (tertiary/aromatic N) is 2. The molecule has 1 rings (SSSR count). The number of aryl methyl sites for hydroxylation is 1. The van der Waals surface area contributed by atoms with Crippen LogP contribution in [-0.4, -0.2) is 37.5 Å². The monoisotopic (exact) mass is 263 g/mol. The van der Waals surface area contributed by atoms with Crippen molar-refractivity contribution in [1.82, 2.24) is 4.90 Å². The minimum Gasteiger partial charge on any atom is -0.365 e. The van der Waals surface area contributed by atoms with Crippen LogP contribution in [0.4, 0.5) is 5.69 Å². The van der Waals surface area contributed by atoms with Crippen molar-refractivity contribution in [2.45, 2.75) is 27.3 Å². The third-order valence-corrected chi connectivity index (χ3v) is 3.48. The van der Waals surface area contributed by atoms with E-state index >= 15 is 0 Å². The molecule has 1 aromatic carbocycles. The molecule has 0 aromatic heterocycles. The van der Waals surface area contributed by atoms with Gasteiger partial charge in [-0.1, -0.05) is 6.07 Å². The molecule has 0 aliphatic rings. The normalized spacial score (nSPS) is 10.4. The predicted octanol–water partition coefficient (Wildman–Crippen LogP) is 1.76. The van der Waals surface area contributed by atoms with Gasteiger partial charge in [0.15, 0.2) is 0 Å². The van der Waals surface area contributed by atoms with Crippen molar-refractivity contribution < 1.29 is 4.79 Å². The lowest BCUT2D eigenvalue weighted by Crippen LogP contribution is -2.38. The smallest absolute Gasteiger partial charge is 0.242 e. The average Bonchev–Trinajstić information content (AvgIpc) is 2.39. The number of hydrogen-bond acceptors (Lipinski definition) is 3. The number of benzene rings is 1. The standard InChI is InChI=1S/C15H25N3O/c1-5-18(6-2)15(19)11-17(4)14-8-7-13(10-16)12(3)9-14/h7-9H,5-6,10-11,16H2,1-4H3. The van der Waals surface area contributed by atoms with Crippen LogP contribution in [0.15, 0.2) is 18.2 Å². The molecule has 1 aromatic rings. The highest BCUT2D eigenvalue weighted by atomic mass is 16.2. The number of nitrogens with two attached hydrogens (primary N) is 1. The molecule has 0 fully saturated rings. The van der Waals surface area contributed by atoms with Crippen LogP contribution < -0.4 is 10.6 Å². The summed E-state index contributed by atoms with van der Waals surface area (Å²) >= 11 is 0. The highest BCUT2D eigenvalue weighted by molar-refractivity contribution is 5.81. The van der Waals surface area contributed by atoms with Crippen molar-refractivity contribution in [3.8, 4) is 0 Å². The number of carbonyl (C=O) groups excluding carboxylic acids is 1. The third-order valence-electron chi connectivity index (χ3n) is 3.48. The highest BCUT2D eigenvalue weighted by Crippen LogP contribution is 2.18. The first-order valence-corrected chi connectivity index (χ1v) is 6.81. The lowest BCUT2D eigenvalue weighted by molar-refractivity contribution is -0.129. The second-order valence-corrected chi connectivity index (χ2v) is 4.74. The van der Waals surface area contributed by atoms with Crippen LogP contribution in [0, 0.1) is 6.92 Å². The topological polar surface area (TPSA) is 49.6 Å². The van der Waals surface area contributed by atoms with Crippen LogP contribution in [-0.2, 0) is 11.3 Å². The molecule has 0 bridgehead atoms. The summed E-state index contributed by atoms with van der Waals surface area (Å²) in [7, 11) is 1.94. The fourth-order valence-corrected chi connectivity index (χ4v) is 2.12. The number of hydrogen-bond donors (Lipinski definition) is 1. The number of anilines is 1. The maximum absolute atomic E-state index is 12.1. The van der Waals surface area contributed by atoms with Crippen molar-refractivity contribution in [2.24, 2.45) is 5.73 Å². The van der Waals surface area contributed by atoms with E-state index in [1.807, 2.05) is 49.8 Å². The molecule has 0 spiro atoms. The molecule has 0 atom stereocenters. The van der Waals surface area contributed by atoms with Crippen LogP contribution in [0.3, 0.4) is 0 Å². The molecule has 0 aliphatic heterocycles. The van der Waals surface area contributed by atoms with Crippen LogP contribution >= 0.6 is 0 Å². The summed E-state index contributed by atoms with van der Waals surface area (Å²) < 4.78 is 0. The Hall–Kier alpha value is -1.55. The molecule has 4 nitrogen and oxygen atoms in total. The van der Waals surface area contributed by atoms with Crippen molar-refractivity contribution in [1.29, 1.82) is 0 Å². The summed E-state index contributed by atoms with van der Waals surface area (Å²) in [5.41, 5.74) is 9.02. The summed E-state index contributed by atoms with van der Waals surface area (Å²) in [5, 5.41) is 0. The zero-order valence-corrected chi connectivity index (χ0v) is 12.4. The van der Waals surface area contributed by atoms with Gasteiger partial charge in [-0.2, -0.15) is 0 Å². The zero-order chi connectivity index (χ0) is 14.4. The van der Waals surface area contributed by atoms with E-state index in [9.17, 15) is 4.79 Å². The fraction of sp³-hybridized carbons (Fsp3) is 0.533. The Kier molecular flexibility index (Phi) is 5.83. The van der Waals surface area contributed by atoms with Crippen molar-refractivity contribution in [3.63, 3.8) is 0 Å². The lowest BCUT2D eigenvalue weighted by atomic mass is 10.1. The largest absolute Gasteiger partial charge is 0.365 e. The van der Waals surface area contributed by atoms with E-state index in [2.05, 4.69) is 6.07 Å². The quantitative estimate of drug-likeness (QED) is 0.851. The van der Waals surface area contributed by atoms with Gasteiger partial charge in [-0.05, 0) is 44.0 Å². The van der Waals surface area contributed by atoms with Crippen LogP contribution in [0.25, 0.3) is 0 Å². The minimum absolute atomic E-state index is 0.160. The van der Waals surface area contributed by atoms with E-state index in [-0.39, 0.29) is 5.91 Å². The second kappa shape index (κ2) is 7.14. The Morgan fingerprint density at radius 1 is 1.26 bits per heavy atom. The van der Waals surface area contributed by atoms with E-state index in [4.69, 9.17) is 5.73 Å². The van der Waals surface area contributed by atoms with E-state index in [0.717, 1.165) is 24.3 Å². The van der Waals surface area contributed by atoms with Gasteiger partial charge in [-0.25, -0.2) is 0 Å². The first-order valence-electron chi connectivity index (χ1n) is 6.81. The zero-order valence-electron chi connectivity index (χ0n) is 12.4. The fourth-order valence-electron chi connectivity index (χ4n) is 2.12. The molecule has 19 heavy (non-hydrogen) atoms. The van der Waals surface area contributed by atoms with Gasteiger partial charge in [-0.3, -0.25) is 4.79 Å². The van der Waals surface area contributed by atoms with Gasteiger partial charge in [-0.15, -0.1) is 0 Å². The van der Waals surface area contributed by atoms with Gasteiger partial charge in [0.2, 0.25) is 5.91 Å². The molecule has 0 radical (unpaired) electrons. The summed E-state index contributed by atoms with van der Waals surface area (Å²) in [6.45, 7) is 8.52. The average molecular weight is 263 g/mol. The molecule has 0 saturated carbocycles. The Bertz CT molecular complexity index is 427. The summed E-state index contributed by atoms with van der Waals surface area (Å²) in [6.07, 6.45) is 0. The Labute approximate surface area is 116 Å². The number of carbonyl (C=O) groups is 1. The molecular weight excluding hydrogens is 238 g/mol. The molecule has 4 heteroatoms. The van der Waals surface area contributed by atoms with E-state index in [0.29, 0.717) is 13.1 Å². The molecule has 1 amide bonds. The predicted molar refractivity (Wildman–Crippen MR) is 80.3 cm³/mol. The molecule has 106 valence electrons. The van der Waals surface area contributed by atoms with Gasteiger partial charge in [0.05, 0.1) is 6.54 Å². The Morgan fingerprint density at radius 2 is 1.89 bits per heavy atom. The molecule has 0 heterocycles. The van der Waals surface area contributed by atoms with Crippen molar-refractivity contribution in [3.05, 3.63) is 29.3 Å². The minimum atomic E-state index is 0.160.